The van der Waals surface area contributed by atoms with E-state index in [0.717, 1.165) is 41.8 Å². The molecule has 0 aromatic heterocycles. The summed E-state index contributed by atoms with van der Waals surface area (Å²) in [6.07, 6.45) is 0.909. The summed E-state index contributed by atoms with van der Waals surface area (Å²) in [4.78, 5) is 12.9. The van der Waals surface area contributed by atoms with Crippen LogP contribution in [0.5, 0.6) is 0 Å². The summed E-state index contributed by atoms with van der Waals surface area (Å²) in [6.45, 7) is 1.79. The highest BCUT2D eigenvalue weighted by atomic mass is 35.5. The molecule has 1 aliphatic carbocycles. The standard InChI is InChI=1S/C18H15Cl2NO/c19-10-4-5-11(16(20)8-10)12-2-1-3-13-15-9-21-7-6-14(15)18(22)17(12)13/h1-5,8,14-15,21H,6-7,9H2/t14-,15-/m1/s1. The maximum atomic E-state index is 12.9. The Balaban J connectivity index is 1.90. The van der Waals surface area contributed by atoms with Crippen molar-refractivity contribution < 1.29 is 4.79 Å². The van der Waals surface area contributed by atoms with Crippen molar-refractivity contribution in [1.29, 1.82) is 0 Å². The third kappa shape index (κ3) is 2.10. The van der Waals surface area contributed by atoms with Crippen LogP contribution in [0.25, 0.3) is 11.1 Å². The fraction of sp³-hybridized carbons (Fsp3) is 0.278. The third-order valence-electron chi connectivity index (χ3n) is 4.78. The minimum absolute atomic E-state index is 0.114. The molecule has 2 aromatic rings. The number of carbonyl (C=O) groups is 1. The Morgan fingerprint density at radius 3 is 2.73 bits per heavy atom. The molecular formula is C18H15Cl2NO. The second-order valence-electron chi connectivity index (χ2n) is 5.96. The Kier molecular flexibility index (Phi) is 3.48. The van der Waals surface area contributed by atoms with Crippen molar-refractivity contribution in [3.8, 4) is 11.1 Å². The predicted molar refractivity (Wildman–Crippen MR) is 89.9 cm³/mol. The van der Waals surface area contributed by atoms with E-state index in [-0.39, 0.29) is 11.7 Å². The zero-order valence-electron chi connectivity index (χ0n) is 11.9. The Morgan fingerprint density at radius 1 is 1.05 bits per heavy atom. The normalized spacial score (nSPS) is 23.3. The summed E-state index contributed by atoms with van der Waals surface area (Å²) in [5.41, 5.74) is 3.82. The number of hydrogen-bond acceptors (Lipinski definition) is 2. The van der Waals surface area contributed by atoms with E-state index in [0.29, 0.717) is 16.0 Å². The van der Waals surface area contributed by atoms with Crippen molar-refractivity contribution in [1.82, 2.24) is 5.32 Å². The number of rotatable bonds is 1. The molecule has 0 bridgehead atoms. The van der Waals surface area contributed by atoms with Gasteiger partial charge in [0, 0.05) is 39.6 Å². The number of nitrogens with one attached hydrogen (secondary N) is 1. The van der Waals surface area contributed by atoms with E-state index < -0.39 is 0 Å². The predicted octanol–water partition coefficient (Wildman–Crippen LogP) is 4.55. The van der Waals surface area contributed by atoms with Gasteiger partial charge in [0.05, 0.1) is 0 Å². The Bertz CT molecular complexity index is 772. The summed E-state index contributed by atoms with van der Waals surface area (Å²) in [6, 6.07) is 11.5. The molecule has 0 unspecified atom stereocenters. The topological polar surface area (TPSA) is 29.1 Å². The van der Waals surface area contributed by atoms with Gasteiger partial charge in [0.15, 0.2) is 5.78 Å². The summed E-state index contributed by atoms with van der Waals surface area (Å²) in [5, 5.41) is 4.59. The molecule has 1 heterocycles. The first-order valence-electron chi connectivity index (χ1n) is 7.50. The maximum Gasteiger partial charge on any atom is 0.167 e. The van der Waals surface area contributed by atoms with Crippen LogP contribution in [0.15, 0.2) is 36.4 Å². The molecule has 2 atom stereocenters. The number of hydrogen-bond donors (Lipinski definition) is 1. The Hall–Kier alpha value is -1.35. The minimum Gasteiger partial charge on any atom is -0.316 e. The number of benzene rings is 2. The van der Waals surface area contributed by atoms with E-state index in [1.807, 2.05) is 24.3 Å². The lowest BCUT2D eigenvalue weighted by atomic mass is 9.87. The molecular weight excluding hydrogens is 317 g/mol. The molecule has 1 fully saturated rings. The van der Waals surface area contributed by atoms with E-state index in [1.54, 1.807) is 6.07 Å². The second-order valence-corrected chi connectivity index (χ2v) is 6.81. The Morgan fingerprint density at radius 2 is 1.91 bits per heavy atom. The lowest BCUT2D eigenvalue weighted by Crippen LogP contribution is -2.34. The highest BCUT2D eigenvalue weighted by molar-refractivity contribution is 6.36. The first kappa shape index (κ1) is 14.3. The lowest BCUT2D eigenvalue weighted by molar-refractivity contribution is 0.0904. The lowest BCUT2D eigenvalue weighted by Gasteiger charge is -2.25. The number of fused-ring (bicyclic) bond motifs is 3. The number of Topliss-reactive ketones (excluding diaryl/α,β-unsaturated/α-hetero) is 1. The van der Waals surface area contributed by atoms with Crippen LogP contribution in [-0.2, 0) is 0 Å². The largest absolute Gasteiger partial charge is 0.316 e. The van der Waals surface area contributed by atoms with Gasteiger partial charge in [-0.05, 0) is 36.2 Å². The van der Waals surface area contributed by atoms with Crippen LogP contribution in [0, 0.1) is 5.92 Å². The van der Waals surface area contributed by atoms with Gasteiger partial charge in [0.1, 0.15) is 0 Å². The van der Waals surface area contributed by atoms with Crippen LogP contribution in [0.2, 0.25) is 10.0 Å². The SMILES string of the molecule is O=C1c2c(-c3ccc(Cl)cc3Cl)cccc2[C@H]2CNCC[C@@H]12. The van der Waals surface area contributed by atoms with Crippen LogP contribution in [0.1, 0.15) is 28.3 Å². The molecule has 1 saturated heterocycles. The van der Waals surface area contributed by atoms with Gasteiger partial charge in [-0.2, -0.15) is 0 Å². The molecule has 1 aliphatic heterocycles. The van der Waals surface area contributed by atoms with Crippen LogP contribution < -0.4 is 5.32 Å². The highest BCUT2D eigenvalue weighted by Gasteiger charge is 2.42. The zero-order valence-corrected chi connectivity index (χ0v) is 13.4. The molecule has 2 aliphatic rings. The fourth-order valence-corrected chi connectivity index (χ4v) is 4.28. The molecule has 22 heavy (non-hydrogen) atoms. The molecule has 112 valence electrons. The number of piperidine rings is 1. The monoisotopic (exact) mass is 331 g/mol. The molecule has 1 N–H and O–H groups in total. The van der Waals surface area contributed by atoms with Crippen molar-refractivity contribution >= 4 is 29.0 Å². The van der Waals surface area contributed by atoms with E-state index in [2.05, 4.69) is 11.4 Å². The zero-order chi connectivity index (χ0) is 15.3. The quantitative estimate of drug-likeness (QED) is 0.830. The summed E-state index contributed by atoms with van der Waals surface area (Å²) < 4.78 is 0. The number of carbonyl (C=O) groups excluding carboxylic acids is 1. The van der Waals surface area contributed by atoms with Crippen LogP contribution >= 0.6 is 23.2 Å². The summed E-state index contributed by atoms with van der Waals surface area (Å²) in [7, 11) is 0. The molecule has 0 spiro atoms. The van der Waals surface area contributed by atoms with Crippen molar-refractivity contribution in [2.75, 3.05) is 13.1 Å². The van der Waals surface area contributed by atoms with Crippen molar-refractivity contribution in [2.24, 2.45) is 5.92 Å². The van der Waals surface area contributed by atoms with Crippen LogP contribution in [0.4, 0.5) is 0 Å². The second kappa shape index (κ2) is 5.38. The average Bonchev–Trinajstić information content (AvgIpc) is 2.82. The first-order chi connectivity index (χ1) is 10.7. The molecule has 4 rings (SSSR count). The van der Waals surface area contributed by atoms with E-state index in [9.17, 15) is 4.79 Å². The minimum atomic E-state index is 0.114. The molecule has 0 saturated carbocycles. The van der Waals surface area contributed by atoms with Crippen molar-refractivity contribution in [3.05, 3.63) is 57.6 Å². The van der Waals surface area contributed by atoms with Gasteiger partial charge in [-0.3, -0.25) is 4.79 Å². The molecule has 0 amide bonds. The molecule has 2 nitrogen and oxygen atoms in total. The van der Waals surface area contributed by atoms with Crippen molar-refractivity contribution in [2.45, 2.75) is 12.3 Å². The molecule has 4 heteroatoms. The Labute approximate surface area is 139 Å². The van der Waals surface area contributed by atoms with Gasteiger partial charge in [0.2, 0.25) is 0 Å². The van der Waals surface area contributed by atoms with Gasteiger partial charge in [-0.25, -0.2) is 0 Å². The first-order valence-corrected chi connectivity index (χ1v) is 8.25. The van der Waals surface area contributed by atoms with Crippen LogP contribution in [-0.4, -0.2) is 18.9 Å². The van der Waals surface area contributed by atoms with Gasteiger partial charge < -0.3 is 5.32 Å². The van der Waals surface area contributed by atoms with E-state index in [4.69, 9.17) is 23.2 Å². The van der Waals surface area contributed by atoms with Gasteiger partial charge in [-0.15, -0.1) is 0 Å². The van der Waals surface area contributed by atoms with Crippen molar-refractivity contribution in [3.63, 3.8) is 0 Å². The highest BCUT2D eigenvalue weighted by Crippen LogP contribution is 2.45. The van der Waals surface area contributed by atoms with Gasteiger partial charge in [-0.1, -0.05) is 47.5 Å². The number of halogens is 2. The van der Waals surface area contributed by atoms with Gasteiger partial charge in [0.25, 0.3) is 0 Å². The molecule has 0 radical (unpaired) electrons. The maximum absolute atomic E-state index is 12.9. The fourth-order valence-electron chi connectivity index (χ4n) is 3.77. The van der Waals surface area contributed by atoms with E-state index >= 15 is 0 Å². The number of ketones is 1. The molecule has 2 aromatic carbocycles. The summed E-state index contributed by atoms with van der Waals surface area (Å²) >= 11 is 12.3. The smallest absolute Gasteiger partial charge is 0.167 e. The van der Waals surface area contributed by atoms with Crippen LogP contribution in [0.3, 0.4) is 0 Å². The summed E-state index contributed by atoms with van der Waals surface area (Å²) in [5.74, 6) is 0.675. The third-order valence-corrected chi connectivity index (χ3v) is 5.33. The average molecular weight is 332 g/mol. The van der Waals surface area contributed by atoms with Gasteiger partial charge >= 0.3 is 0 Å². The van der Waals surface area contributed by atoms with E-state index in [1.165, 1.54) is 0 Å².